The molecule has 1 fully saturated rings. The van der Waals surface area contributed by atoms with Crippen molar-refractivity contribution in [3.63, 3.8) is 0 Å². The van der Waals surface area contributed by atoms with Gasteiger partial charge in [0.1, 0.15) is 5.82 Å². The summed E-state index contributed by atoms with van der Waals surface area (Å²) < 4.78 is 12.9. The topological polar surface area (TPSA) is 70.2 Å². The zero-order chi connectivity index (χ0) is 18.4. The quantitative estimate of drug-likeness (QED) is 0.682. The normalized spacial score (nSPS) is 13.3. The van der Waals surface area contributed by atoms with Gasteiger partial charge >= 0.3 is 0 Å². The zero-order valence-corrected chi connectivity index (χ0v) is 14.4. The van der Waals surface area contributed by atoms with Gasteiger partial charge in [-0.15, -0.1) is 0 Å². The number of hydrogen-bond acceptors (Lipinski definition) is 3. The van der Waals surface area contributed by atoms with Crippen molar-refractivity contribution in [1.29, 1.82) is 0 Å². The van der Waals surface area contributed by atoms with Crippen LogP contribution in [-0.4, -0.2) is 24.9 Å². The Morgan fingerprint density at radius 3 is 2.35 bits per heavy atom. The van der Waals surface area contributed by atoms with E-state index in [1.165, 1.54) is 37.1 Å². The summed E-state index contributed by atoms with van der Waals surface area (Å²) in [4.78, 5) is 23.8. The van der Waals surface area contributed by atoms with Gasteiger partial charge in [0.05, 0.1) is 6.54 Å². The van der Waals surface area contributed by atoms with Crippen LogP contribution in [0.5, 0.6) is 0 Å². The van der Waals surface area contributed by atoms with E-state index in [4.69, 9.17) is 0 Å². The van der Waals surface area contributed by atoms with Crippen LogP contribution in [0.1, 0.15) is 28.8 Å². The summed E-state index contributed by atoms with van der Waals surface area (Å²) in [5, 5.41) is 8.77. The van der Waals surface area contributed by atoms with Gasteiger partial charge in [-0.1, -0.05) is 12.1 Å². The van der Waals surface area contributed by atoms with Crippen molar-refractivity contribution in [1.82, 2.24) is 10.6 Å². The van der Waals surface area contributed by atoms with Crippen LogP contribution in [0.25, 0.3) is 0 Å². The van der Waals surface area contributed by atoms with E-state index < -0.39 is 0 Å². The Hall–Kier alpha value is -2.73. The number of halogens is 1. The van der Waals surface area contributed by atoms with Gasteiger partial charge in [-0.05, 0) is 67.3 Å². The van der Waals surface area contributed by atoms with E-state index in [1.54, 1.807) is 12.1 Å². The van der Waals surface area contributed by atoms with Crippen LogP contribution in [0.15, 0.2) is 48.5 Å². The number of hydrogen-bond donors (Lipinski definition) is 3. The van der Waals surface area contributed by atoms with Gasteiger partial charge in [-0.3, -0.25) is 9.59 Å². The van der Waals surface area contributed by atoms with E-state index >= 15 is 0 Å². The molecule has 0 spiro atoms. The van der Waals surface area contributed by atoms with Crippen LogP contribution in [0.4, 0.5) is 10.1 Å². The van der Waals surface area contributed by atoms with Gasteiger partial charge in [0.25, 0.3) is 5.91 Å². The van der Waals surface area contributed by atoms with Gasteiger partial charge in [0, 0.05) is 17.8 Å². The minimum Gasteiger partial charge on any atom is -0.351 e. The van der Waals surface area contributed by atoms with Crippen molar-refractivity contribution in [2.45, 2.75) is 19.4 Å². The van der Waals surface area contributed by atoms with Gasteiger partial charge < -0.3 is 16.0 Å². The third-order valence-corrected chi connectivity index (χ3v) is 4.22. The molecule has 136 valence electrons. The van der Waals surface area contributed by atoms with E-state index in [1.807, 2.05) is 12.1 Å². The number of carbonyl (C=O) groups excluding carboxylic acids is 2. The molecule has 1 aliphatic carbocycles. The molecule has 2 aromatic rings. The molecule has 0 unspecified atom stereocenters. The lowest BCUT2D eigenvalue weighted by atomic mass is 10.1. The van der Waals surface area contributed by atoms with E-state index in [-0.39, 0.29) is 17.6 Å². The molecule has 26 heavy (non-hydrogen) atoms. The van der Waals surface area contributed by atoms with E-state index in [0.29, 0.717) is 24.3 Å². The second kappa shape index (κ2) is 8.58. The number of benzene rings is 2. The lowest BCUT2D eigenvalue weighted by molar-refractivity contribution is -0.120. The molecule has 0 radical (unpaired) electrons. The summed E-state index contributed by atoms with van der Waals surface area (Å²) in [7, 11) is 0. The molecule has 0 atom stereocenters. The van der Waals surface area contributed by atoms with E-state index in [9.17, 15) is 14.0 Å². The van der Waals surface area contributed by atoms with Crippen molar-refractivity contribution in [3.8, 4) is 0 Å². The largest absolute Gasteiger partial charge is 0.351 e. The maximum atomic E-state index is 12.9. The van der Waals surface area contributed by atoms with Crippen LogP contribution in [0.3, 0.4) is 0 Å². The summed E-state index contributed by atoms with van der Waals surface area (Å²) in [5.41, 5.74) is 1.97. The first-order valence-corrected chi connectivity index (χ1v) is 8.73. The average molecular weight is 355 g/mol. The van der Waals surface area contributed by atoms with Gasteiger partial charge in [0.15, 0.2) is 0 Å². The average Bonchev–Trinajstić information content (AvgIpc) is 3.46. The van der Waals surface area contributed by atoms with Crippen molar-refractivity contribution >= 4 is 17.5 Å². The molecule has 0 bridgehead atoms. The lowest BCUT2D eigenvalue weighted by Gasteiger charge is -2.08. The Bertz CT molecular complexity index is 756. The van der Waals surface area contributed by atoms with Crippen molar-refractivity contribution in [2.24, 2.45) is 5.92 Å². The summed E-state index contributed by atoms with van der Waals surface area (Å²) in [6.45, 7) is 1.69. The fraction of sp³-hybridized carbons (Fsp3) is 0.300. The molecule has 3 rings (SSSR count). The Balaban J connectivity index is 1.43. The van der Waals surface area contributed by atoms with Crippen LogP contribution in [0, 0.1) is 11.7 Å². The first kappa shape index (κ1) is 18.1. The molecule has 6 heteroatoms. The van der Waals surface area contributed by atoms with E-state index in [2.05, 4.69) is 16.0 Å². The molecule has 0 aromatic heterocycles. The molecule has 0 aliphatic heterocycles. The summed E-state index contributed by atoms with van der Waals surface area (Å²) >= 11 is 0. The SMILES string of the molecule is O=C(CNCC1CC1)NCc1ccc(NC(=O)c2ccc(F)cc2)cc1. The third kappa shape index (κ3) is 5.67. The fourth-order valence-corrected chi connectivity index (χ4v) is 2.49. The first-order chi connectivity index (χ1) is 12.6. The second-order valence-electron chi connectivity index (χ2n) is 6.51. The minimum absolute atomic E-state index is 0.0284. The van der Waals surface area contributed by atoms with Gasteiger partial charge in [-0.2, -0.15) is 0 Å². The molecule has 2 amide bonds. The number of nitrogens with one attached hydrogen (secondary N) is 3. The standard InChI is InChI=1S/C20H22FN3O2/c21-17-7-5-16(6-8-17)20(26)24-18-9-3-15(4-10-18)12-23-19(25)13-22-11-14-1-2-14/h3-10,14,22H,1-2,11-13H2,(H,23,25)(H,24,26). The highest BCUT2D eigenvalue weighted by atomic mass is 19.1. The third-order valence-electron chi connectivity index (χ3n) is 4.22. The molecule has 1 aliphatic rings. The number of amides is 2. The van der Waals surface area contributed by atoms with E-state index in [0.717, 1.165) is 18.0 Å². The summed E-state index contributed by atoms with van der Waals surface area (Å²) in [5.74, 6) is 0.0447. The monoisotopic (exact) mass is 355 g/mol. The second-order valence-corrected chi connectivity index (χ2v) is 6.51. The Morgan fingerprint density at radius 1 is 1.00 bits per heavy atom. The molecule has 0 saturated heterocycles. The van der Waals surface area contributed by atoms with Crippen molar-refractivity contribution in [2.75, 3.05) is 18.4 Å². The molecule has 0 heterocycles. The molecular formula is C20H22FN3O2. The Morgan fingerprint density at radius 2 is 1.69 bits per heavy atom. The van der Waals surface area contributed by atoms with Crippen LogP contribution >= 0.6 is 0 Å². The number of carbonyl (C=O) groups is 2. The predicted octanol–water partition coefficient (Wildman–Crippen LogP) is 2.69. The fourth-order valence-electron chi connectivity index (χ4n) is 2.49. The highest BCUT2D eigenvalue weighted by Gasteiger charge is 2.20. The smallest absolute Gasteiger partial charge is 0.255 e. The molecule has 3 N–H and O–H groups in total. The van der Waals surface area contributed by atoms with Gasteiger partial charge in [0.2, 0.25) is 5.91 Å². The predicted molar refractivity (Wildman–Crippen MR) is 98.2 cm³/mol. The Labute approximate surface area is 152 Å². The van der Waals surface area contributed by atoms with Crippen molar-refractivity contribution in [3.05, 3.63) is 65.5 Å². The molecule has 1 saturated carbocycles. The molecule has 2 aromatic carbocycles. The Kier molecular flexibility index (Phi) is 5.96. The van der Waals surface area contributed by atoms with Crippen LogP contribution < -0.4 is 16.0 Å². The summed E-state index contributed by atoms with van der Waals surface area (Å²) in [6, 6.07) is 12.6. The number of rotatable bonds is 8. The van der Waals surface area contributed by atoms with Crippen LogP contribution in [0.2, 0.25) is 0 Å². The summed E-state index contributed by atoms with van der Waals surface area (Å²) in [6.07, 6.45) is 2.53. The highest BCUT2D eigenvalue weighted by molar-refractivity contribution is 6.04. The molecule has 5 nitrogen and oxygen atoms in total. The zero-order valence-electron chi connectivity index (χ0n) is 14.4. The highest BCUT2D eigenvalue weighted by Crippen LogP contribution is 2.27. The first-order valence-electron chi connectivity index (χ1n) is 8.73. The van der Waals surface area contributed by atoms with Crippen molar-refractivity contribution < 1.29 is 14.0 Å². The maximum Gasteiger partial charge on any atom is 0.255 e. The minimum atomic E-state index is -0.379. The molecular weight excluding hydrogens is 333 g/mol. The number of anilines is 1. The lowest BCUT2D eigenvalue weighted by Crippen LogP contribution is -2.34. The maximum absolute atomic E-state index is 12.9. The van der Waals surface area contributed by atoms with Crippen LogP contribution in [-0.2, 0) is 11.3 Å². The van der Waals surface area contributed by atoms with Gasteiger partial charge in [-0.25, -0.2) is 4.39 Å².